The number of anilines is 2. The van der Waals surface area contributed by atoms with Gasteiger partial charge in [-0.1, -0.05) is 77.8 Å². The molecular formula is C27H20Cl2N2O2. The molecule has 0 saturated heterocycles. The summed E-state index contributed by atoms with van der Waals surface area (Å²) in [7, 11) is 0. The largest absolute Gasteiger partial charge is 0.489 e. The van der Waals surface area contributed by atoms with E-state index in [1.54, 1.807) is 23.1 Å². The highest BCUT2D eigenvalue weighted by Gasteiger charge is 2.34. The van der Waals surface area contributed by atoms with Crippen LogP contribution in [0.5, 0.6) is 5.75 Å². The van der Waals surface area contributed by atoms with Crippen molar-refractivity contribution in [2.24, 2.45) is 0 Å². The first-order chi connectivity index (χ1) is 16.1. The summed E-state index contributed by atoms with van der Waals surface area (Å²) in [5, 5.41) is 4.32. The number of hydrogen-bond acceptors (Lipinski definition) is 3. The van der Waals surface area contributed by atoms with Crippen molar-refractivity contribution in [2.75, 3.05) is 10.2 Å². The van der Waals surface area contributed by atoms with Gasteiger partial charge in [0.25, 0.3) is 5.91 Å². The molecule has 4 nitrogen and oxygen atoms in total. The molecule has 4 aromatic carbocycles. The van der Waals surface area contributed by atoms with Gasteiger partial charge < -0.3 is 10.1 Å². The zero-order chi connectivity index (χ0) is 22.8. The number of benzene rings is 4. The van der Waals surface area contributed by atoms with Crippen molar-refractivity contribution < 1.29 is 9.53 Å². The normalized spacial score (nSPS) is 15.0. The van der Waals surface area contributed by atoms with Crippen LogP contribution in [0.15, 0.2) is 97.1 Å². The van der Waals surface area contributed by atoms with E-state index in [0.29, 0.717) is 27.9 Å². The van der Waals surface area contributed by atoms with Crippen LogP contribution in [0.25, 0.3) is 0 Å². The van der Waals surface area contributed by atoms with Gasteiger partial charge in [0.05, 0.1) is 15.6 Å². The summed E-state index contributed by atoms with van der Waals surface area (Å²) >= 11 is 12.4. The Bertz CT molecular complexity index is 1290. The summed E-state index contributed by atoms with van der Waals surface area (Å²) in [6, 6.07) is 30.4. The van der Waals surface area contributed by atoms with Gasteiger partial charge in [-0.25, -0.2) is 0 Å². The lowest BCUT2D eigenvalue weighted by Gasteiger charge is -2.38. The number of ether oxygens (including phenoxy) is 1. The second-order valence-corrected chi connectivity index (χ2v) is 8.52. The fourth-order valence-electron chi connectivity index (χ4n) is 3.88. The van der Waals surface area contributed by atoms with Crippen molar-refractivity contribution in [3.05, 3.63) is 124 Å². The number of para-hydroxylation sites is 1. The summed E-state index contributed by atoms with van der Waals surface area (Å²) < 4.78 is 5.92. The number of nitrogens with one attached hydrogen (secondary N) is 1. The molecule has 33 heavy (non-hydrogen) atoms. The summed E-state index contributed by atoms with van der Waals surface area (Å²) in [6.07, 6.45) is -0.423. The van der Waals surface area contributed by atoms with Crippen LogP contribution in [0.2, 0.25) is 10.0 Å². The Morgan fingerprint density at radius 2 is 1.55 bits per heavy atom. The molecule has 1 N–H and O–H groups in total. The van der Waals surface area contributed by atoms with Gasteiger partial charge >= 0.3 is 0 Å². The second kappa shape index (κ2) is 9.18. The van der Waals surface area contributed by atoms with E-state index in [0.717, 1.165) is 22.6 Å². The van der Waals surface area contributed by atoms with Crippen molar-refractivity contribution in [1.29, 1.82) is 0 Å². The van der Waals surface area contributed by atoms with E-state index in [1.165, 1.54) is 0 Å². The van der Waals surface area contributed by atoms with Crippen molar-refractivity contribution in [3.8, 4) is 5.75 Å². The fraction of sp³-hybridized carbons (Fsp3) is 0.0741. The highest BCUT2D eigenvalue weighted by atomic mass is 35.5. The topological polar surface area (TPSA) is 41.6 Å². The van der Waals surface area contributed by atoms with E-state index in [2.05, 4.69) is 5.32 Å². The minimum atomic E-state index is -0.423. The van der Waals surface area contributed by atoms with Crippen molar-refractivity contribution in [2.45, 2.75) is 12.8 Å². The molecule has 0 radical (unpaired) electrons. The molecule has 1 aliphatic rings. The maximum atomic E-state index is 13.5. The maximum Gasteiger partial charge on any atom is 0.262 e. The molecule has 0 aliphatic carbocycles. The monoisotopic (exact) mass is 474 g/mol. The Kier molecular flexibility index (Phi) is 5.95. The van der Waals surface area contributed by atoms with Crippen LogP contribution in [0.4, 0.5) is 11.4 Å². The molecule has 1 heterocycles. The van der Waals surface area contributed by atoms with Gasteiger partial charge in [-0.05, 0) is 53.6 Å². The first-order valence-corrected chi connectivity index (χ1v) is 11.3. The summed E-state index contributed by atoms with van der Waals surface area (Å²) in [5.74, 6) is 0.642. The molecule has 164 valence electrons. The first-order valence-electron chi connectivity index (χ1n) is 10.5. The van der Waals surface area contributed by atoms with E-state index >= 15 is 0 Å². The molecule has 4 aromatic rings. The molecule has 6 heteroatoms. The Morgan fingerprint density at radius 1 is 0.818 bits per heavy atom. The number of nitrogens with zero attached hydrogens (tertiary/aromatic N) is 1. The van der Waals surface area contributed by atoms with E-state index in [9.17, 15) is 4.79 Å². The third-order valence-corrected chi connectivity index (χ3v) is 6.29. The van der Waals surface area contributed by atoms with Crippen molar-refractivity contribution in [1.82, 2.24) is 0 Å². The molecule has 0 fully saturated rings. The number of halogens is 2. The Balaban J connectivity index is 1.46. The number of fused-ring (bicyclic) bond motifs is 1. The maximum absolute atomic E-state index is 13.5. The Hall–Kier alpha value is -3.47. The Labute approximate surface area is 202 Å². The zero-order valence-electron chi connectivity index (χ0n) is 17.5. The molecule has 0 spiro atoms. The summed E-state index contributed by atoms with van der Waals surface area (Å²) in [6.45, 7) is 0.489. The highest BCUT2D eigenvalue weighted by Crippen LogP contribution is 2.38. The number of amides is 1. The molecule has 0 bridgehead atoms. The summed E-state index contributed by atoms with van der Waals surface area (Å²) in [5.41, 5.74) is 4.06. The van der Waals surface area contributed by atoms with Crippen LogP contribution in [0, 0.1) is 0 Å². The van der Waals surface area contributed by atoms with Gasteiger partial charge in [0.1, 0.15) is 18.5 Å². The molecule has 5 rings (SSSR count). The minimum Gasteiger partial charge on any atom is -0.489 e. The number of carbonyl (C=O) groups excluding carboxylic acids is 1. The van der Waals surface area contributed by atoms with Gasteiger partial charge in [-0.15, -0.1) is 0 Å². The smallest absolute Gasteiger partial charge is 0.262 e. The third-order valence-electron chi connectivity index (χ3n) is 5.55. The van der Waals surface area contributed by atoms with E-state index < -0.39 is 6.17 Å². The van der Waals surface area contributed by atoms with Crippen LogP contribution in [-0.4, -0.2) is 5.91 Å². The van der Waals surface area contributed by atoms with E-state index in [-0.39, 0.29) is 5.91 Å². The van der Waals surface area contributed by atoms with Gasteiger partial charge in [0.15, 0.2) is 0 Å². The van der Waals surface area contributed by atoms with Crippen LogP contribution >= 0.6 is 23.2 Å². The van der Waals surface area contributed by atoms with Crippen molar-refractivity contribution in [3.63, 3.8) is 0 Å². The Morgan fingerprint density at radius 3 is 2.30 bits per heavy atom. The molecule has 1 amide bonds. The van der Waals surface area contributed by atoms with E-state index in [1.807, 2.05) is 78.9 Å². The highest BCUT2D eigenvalue weighted by molar-refractivity contribution is 6.42. The standard InChI is InChI=1S/C27H20Cl2N2O2/c28-23-15-12-20(16-24(23)29)31-26(30-25-9-5-4-8-22(25)27(31)32)19-10-13-21(14-11-19)33-17-18-6-2-1-3-7-18/h1-16,26,30H,17H2. The average molecular weight is 475 g/mol. The van der Waals surface area contributed by atoms with Crippen LogP contribution in [0.3, 0.4) is 0 Å². The molecule has 1 unspecified atom stereocenters. The molecule has 0 saturated carbocycles. The predicted molar refractivity (Wildman–Crippen MR) is 133 cm³/mol. The van der Waals surface area contributed by atoms with E-state index in [4.69, 9.17) is 27.9 Å². The quantitative estimate of drug-likeness (QED) is 0.328. The van der Waals surface area contributed by atoms with Gasteiger partial charge in [0, 0.05) is 11.4 Å². The van der Waals surface area contributed by atoms with Gasteiger partial charge in [-0.3, -0.25) is 9.69 Å². The van der Waals surface area contributed by atoms with Crippen LogP contribution in [0.1, 0.15) is 27.7 Å². The number of hydrogen-bond donors (Lipinski definition) is 1. The SMILES string of the molecule is O=C1c2ccccc2NC(c2ccc(OCc3ccccc3)cc2)N1c1ccc(Cl)c(Cl)c1. The number of rotatable bonds is 5. The first kappa shape index (κ1) is 21.4. The van der Waals surface area contributed by atoms with Crippen LogP contribution in [-0.2, 0) is 6.61 Å². The summed E-state index contributed by atoms with van der Waals surface area (Å²) in [4.78, 5) is 15.2. The third kappa shape index (κ3) is 4.40. The molecular weight excluding hydrogens is 455 g/mol. The van der Waals surface area contributed by atoms with Crippen LogP contribution < -0.4 is 15.0 Å². The lowest BCUT2D eigenvalue weighted by Crippen LogP contribution is -2.43. The predicted octanol–water partition coefficient (Wildman–Crippen LogP) is 7.34. The lowest BCUT2D eigenvalue weighted by molar-refractivity contribution is 0.0975. The molecule has 1 atom stereocenters. The average Bonchev–Trinajstić information content (AvgIpc) is 2.85. The lowest BCUT2D eigenvalue weighted by atomic mass is 10.0. The molecule has 1 aliphatic heterocycles. The zero-order valence-corrected chi connectivity index (χ0v) is 19.1. The van der Waals surface area contributed by atoms with Gasteiger partial charge in [-0.2, -0.15) is 0 Å². The fourth-order valence-corrected chi connectivity index (χ4v) is 4.17. The second-order valence-electron chi connectivity index (χ2n) is 7.71. The van der Waals surface area contributed by atoms with Gasteiger partial charge in [0.2, 0.25) is 0 Å². The van der Waals surface area contributed by atoms with Crippen molar-refractivity contribution >= 4 is 40.5 Å². The minimum absolute atomic E-state index is 0.114. The molecule has 0 aromatic heterocycles. The number of carbonyl (C=O) groups is 1.